The van der Waals surface area contributed by atoms with E-state index in [1.807, 2.05) is 31.2 Å². The van der Waals surface area contributed by atoms with E-state index in [9.17, 15) is 4.79 Å². The smallest absolute Gasteiger partial charge is 0.310 e. The number of aryl methyl sites for hydroxylation is 1. The van der Waals surface area contributed by atoms with Gasteiger partial charge in [-0.1, -0.05) is 46.6 Å². The van der Waals surface area contributed by atoms with E-state index in [4.69, 9.17) is 9.26 Å². The number of benzene rings is 1. The van der Waals surface area contributed by atoms with Gasteiger partial charge in [0.1, 0.15) is 0 Å². The average molecular weight is 352 g/mol. The third kappa shape index (κ3) is 4.17. The Labute approximate surface area is 132 Å². The predicted molar refractivity (Wildman–Crippen MR) is 83.9 cm³/mol. The molecule has 21 heavy (non-hydrogen) atoms. The van der Waals surface area contributed by atoms with Crippen molar-refractivity contribution in [3.8, 4) is 11.3 Å². The molecule has 0 saturated heterocycles. The highest BCUT2D eigenvalue weighted by molar-refractivity contribution is 9.10. The summed E-state index contributed by atoms with van der Waals surface area (Å²) in [4.78, 5) is 11.9. The van der Waals surface area contributed by atoms with Crippen LogP contribution in [0.1, 0.15) is 31.0 Å². The molecule has 0 unspecified atom stereocenters. The van der Waals surface area contributed by atoms with Crippen molar-refractivity contribution in [2.24, 2.45) is 0 Å². The highest BCUT2D eigenvalue weighted by Crippen LogP contribution is 2.28. The number of nitrogens with zero attached hydrogens (tertiary/aromatic N) is 1. The quantitative estimate of drug-likeness (QED) is 0.575. The van der Waals surface area contributed by atoms with Crippen LogP contribution in [-0.2, 0) is 16.0 Å². The van der Waals surface area contributed by atoms with E-state index in [1.165, 1.54) is 0 Å². The monoisotopic (exact) mass is 351 g/mol. The molecule has 0 aliphatic rings. The minimum atomic E-state index is -0.242. The Morgan fingerprint density at radius 1 is 1.33 bits per heavy atom. The van der Waals surface area contributed by atoms with Crippen molar-refractivity contribution in [2.45, 2.75) is 33.1 Å². The van der Waals surface area contributed by atoms with Crippen LogP contribution in [0.15, 0.2) is 33.3 Å². The molecule has 2 aromatic rings. The molecule has 0 N–H and O–H groups in total. The van der Waals surface area contributed by atoms with E-state index < -0.39 is 0 Å². The maximum atomic E-state index is 11.9. The largest absolute Gasteiger partial charge is 0.465 e. The Bertz CT molecular complexity index is 604. The molecule has 0 bridgehead atoms. The Balaban J connectivity index is 2.14. The summed E-state index contributed by atoms with van der Waals surface area (Å²) in [6.45, 7) is 4.36. The fourth-order valence-corrected chi connectivity index (χ4v) is 2.22. The zero-order valence-corrected chi connectivity index (χ0v) is 13.8. The number of carbonyl (C=O) groups is 1. The molecule has 1 aromatic heterocycles. The first kappa shape index (κ1) is 15.8. The number of aromatic nitrogens is 1. The first-order chi connectivity index (χ1) is 10.1. The number of halogens is 1. The topological polar surface area (TPSA) is 52.3 Å². The van der Waals surface area contributed by atoms with Crippen LogP contribution in [0.3, 0.4) is 0 Å². The van der Waals surface area contributed by atoms with Gasteiger partial charge in [0.25, 0.3) is 0 Å². The van der Waals surface area contributed by atoms with Gasteiger partial charge in [-0.15, -0.1) is 0 Å². The lowest BCUT2D eigenvalue weighted by molar-refractivity contribution is -0.142. The van der Waals surface area contributed by atoms with Gasteiger partial charge >= 0.3 is 5.97 Å². The lowest BCUT2D eigenvalue weighted by Crippen LogP contribution is -2.09. The zero-order chi connectivity index (χ0) is 15.2. The van der Waals surface area contributed by atoms with Crippen LogP contribution < -0.4 is 0 Å². The number of hydrogen-bond acceptors (Lipinski definition) is 4. The molecule has 0 spiro atoms. The van der Waals surface area contributed by atoms with Crippen LogP contribution in [-0.4, -0.2) is 17.7 Å². The summed E-state index contributed by atoms with van der Waals surface area (Å²) in [6, 6.07) is 7.71. The van der Waals surface area contributed by atoms with Crippen molar-refractivity contribution >= 4 is 21.9 Å². The van der Waals surface area contributed by atoms with E-state index in [0.29, 0.717) is 12.4 Å². The Kier molecular flexibility index (Phi) is 5.56. The number of ether oxygens (including phenoxy) is 1. The van der Waals surface area contributed by atoms with Gasteiger partial charge in [-0.05, 0) is 25.5 Å². The summed E-state index contributed by atoms with van der Waals surface area (Å²) < 4.78 is 11.6. The number of carbonyl (C=O) groups excluding carboxylic acids is 1. The van der Waals surface area contributed by atoms with Crippen molar-refractivity contribution in [1.29, 1.82) is 0 Å². The molecule has 0 fully saturated rings. The van der Waals surface area contributed by atoms with Gasteiger partial charge in [0, 0.05) is 15.6 Å². The molecule has 0 radical (unpaired) electrons. The van der Waals surface area contributed by atoms with Gasteiger partial charge in [-0.25, -0.2) is 0 Å². The van der Waals surface area contributed by atoms with Gasteiger partial charge < -0.3 is 9.26 Å². The summed E-state index contributed by atoms with van der Waals surface area (Å²) in [7, 11) is 0. The lowest BCUT2D eigenvalue weighted by atomic mass is 10.0. The van der Waals surface area contributed by atoms with Crippen LogP contribution in [0.4, 0.5) is 0 Å². The zero-order valence-electron chi connectivity index (χ0n) is 12.2. The van der Waals surface area contributed by atoms with Gasteiger partial charge in [0.05, 0.1) is 18.7 Å². The molecule has 0 aliphatic heterocycles. The van der Waals surface area contributed by atoms with Crippen molar-refractivity contribution in [2.75, 3.05) is 6.61 Å². The van der Waals surface area contributed by atoms with Crippen molar-refractivity contribution in [3.63, 3.8) is 0 Å². The Morgan fingerprint density at radius 3 is 2.71 bits per heavy atom. The van der Waals surface area contributed by atoms with E-state index >= 15 is 0 Å². The molecule has 1 aromatic carbocycles. The maximum Gasteiger partial charge on any atom is 0.310 e. The third-order valence-electron chi connectivity index (χ3n) is 3.17. The second-order valence-electron chi connectivity index (χ2n) is 4.83. The number of rotatable bonds is 6. The lowest BCUT2D eigenvalue weighted by Gasteiger charge is -2.05. The maximum absolute atomic E-state index is 11.9. The molecular formula is C16H18BrNO3. The summed E-state index contributed by atoms with van der Waals surface area (Å²) in [5, 5.41) is 3.97. The molecule has 5 heteroatoms. The molecule has 2 rings (SSSR count). The van der Waals surface area contributed by atoms with Crippen molar-refractivity contribution in [1.82, 2.24) is 5.16 Å². The van der Waals surface area contributed by atoms with Crippen molar-refractivity contribution in [3.05, 3.63) is 40.0 Å². The summed E-state index contributed by atoms with van der Waals surface area (Å²) in [6.07, 6.45) is 2.07. The van der Waals surface area contributed by atoms with Gasteiger partial charge in [0.15, 0.2) is 5.76 Å². The van der Waals surface area contributed by atoms with Crippen LogP contribution >= 0.6 is 15.9 Å². The number of esters is 1. The second kappa shape index (κ2) is 7.41. The predicted octanol–water partition coefficient (Wildman–Crippen LogP) is 4.30. The van der Waals surface area contributed by atoms with Gasteiger partial charge in [0.2, 0.25) is 0 Å². The SMILES string of the molecule is CCCCOC(=O)Cc1c(C)noc1-c1ccc(Br)cc1. The second-order valence-corrected chi connectivity index (χ2v) is 5.75. The molecule has 112 valence electrons. The van der Waals surface area contributed by atoms with E-state index in [1.54, 1.807) is 0 Å². The number of hydrogen-bond donors (Lipinski definition) is 0. The van der Waals surface area contributed by atoms with Crippen LogP contribution in [0, 0.1) is 6.92 Å². The fourth-order valence-electron chi connectivity index (χ4n) is 1.95. The highest BCUT2D eigenvalue weighted by Gasteiger charge is 2.18. The van der Waals surface area contributed by atoms with Gasteiger partial charge in [-0.3, -0.25) is 4.79 Å². The Morgan fingerprint density at radius 2 is 2.05 bits per heavy atom. The minimum Gasteiger partial charge on any atom is -0.465 e. The van der Waals surface area contributed by atoms with Crippen LogP contribution in [0.2, 0.25) is 0 Å². The van der Waals surface area contributed by atoms with E-state index in [-0.39, 0.29) is 12.4 Å². The van der Waals surface area contributed by atoms with Gasteiger partial charge in [-0.2, -0.15) is 0 Å². The van der Waals surface area contributed by atoms with Crippen molar-refractivity contribution < 1.29 is 14.1 Å². The number of unbranched alkanes of at least 4 members (excludes halogenated alkanes) is 1. The molecule has 4 nitrogen and oxygen atoms in total. The highest BCUT2D eigenvalue weighted by atomic mass is 79.9. The fraction of sp³-hybridized carbons (Fsp3) is 0.375. The summed E-state index contributed by atoms with van der Waals surface area (Å²) in [5.74, 6) is 0.389. The standard InChI is InChI=1S/C16H18BrNO3/c1-3-4-9-20-15(19)10-14-11(2)18-21-16(14)12-5-7-13(17)8-6-12/h5-8H,3-4,9-10H2,1-2H3. The minimum absolute atomic E-state index is 0.185. The Hall–Kier alpha value is -1.62. The average Bonchev–Trinajstić information content (AvgIpc) is 2.82. The molecule has 0 atom stereocenters. The van der Waals surface area contributed by atoms with E-state index in [2.05, 4.69) is 28.0 Å². The van der Waals surface area contributed by atoms with Crippen LogP contribution in [0.5, 0.6) is 0 Å². The molecule has 1 heterocycles. The molecule has 0 aliphatic carbocycles. The first-order valence-electron chi connectivity index (χ1n) is 6.98. The first-order valence-corrected chi connectivity index (χ1v) is 7.77. The summed E-state index contributed by atoms with van der Waals surface area (Å²) >= 11 is 3.40. The molecule has 0 amide bonds. The van der Waals surface area contributed by atoms with Crippen LogP contribution in [0.25, 0.3) is 11.3 Å². The molecular weight excluding hydrogens is 334 g/mol. The van der Waals surface area contributed by atoms with E-state index in [0.717, 1.165) is 34.1 Å². The summed E-state index contributed by atoms with van der Waals surface area (Å²) in [5.41, 5.74) is 2.41. The molecule has 0 saturated carbocycles. The normalized spacial score (nSPS) is 10.6. The third-order valence-corrected chi connectivity index (χ3v) is 3.70.